The van der Waals surface area contributed by atoms with Gasteiger partial charge in [-0.3, -0.25) is 4.79 Å². The number of carbonyl (C=O) groups excluding carboxylic acids is 1. The molecule has 23 heavy (non-hydrogen) atoms. The average Bonchev–Trinajstić information content (AvgIpc) is 2.58. The molecule has 0 spiro atoms. The number of hydrogen-bond donors (Lipinski definition) is 0. The fourth-order valence-corrected chi connectivity index (χ4v) is 2.42. The molecule has 0 atom stereocenters. The van der Waals surface area contributed by atoms with Crippen LogP contribution in [-0.2, 0) is 0 Å². The van der Waals surface area contributed by atoms with E-state index in [2.05, 4.69) is 22.1 Å². The van der Waals surface area contributed by atoms with Crippen LogP contribution in [0, 0.1) is 6.92 Å². The molecule has 1 aromatic heterocycles. The van der Waals surface area contributed by atoms with Crippen molar-refractivity contribution < 1.29 is 9.53 Å². The van der Waals surface area contributed by atoms with Gasteiger partial charge >= 0.3 is 0 Å². The fraction of sp³-hybridized carbons (Fsp3) is 0.353. The summed E-state index contributed by atoms with van der Waals surface area (Å²) in [7, 11) is 2.07. The molecule has 0 unspecified atom stereocenters. The Balaban J connectivity index is 1.64. The van der Waals surface area contributed by atoms with E-state index in [1.165, 1.54) is 0 Å². The number of rotatable bonds is 3. The lowest BCUT2D eigenvalue weighted by atomic mass is 10.1. The van der Waals surface area contributed by atoms with Crippen LogP contribution >= 0.6 is 0 Å². The zero-order chi connectivity index (χ0) is 16.2. The van der Waals surface area contributed by atoms with Gasteiger partial charge in [-0.2, -0.15) is 5.10 Å². The average molecular weight is 312 g/mol. The lowest BCUT2D eigenvalue weighted by Gasteiger charge is -2.32. The summed E-state index contributed by atoms with van der Waals surface area (Å²) in [6.07, 6.45) is 0. The number of likely N-dealkylation sites (N-methyl/N-ethyl adjacent to an activating group) is 1. The third-order valence-corrected chi connectivity index (χ3v) is 3.89. The number of benzene rings is 1. The summed E-state index contributed by atoms with van der Waals surface area (Å²) in [5, 5.41) is 7.91. The molecule has 1 aromatic carbocycles. The molecule has 1 amide bonds. The van der Waals surface area contributed by atoms with Gasteiger partial charge in [0.15, 0.2) is 0 Å². The van der Waals surface area contributed by atoms with Crippen LogP contribution in [0.3, 0.4) is 0 Å². The van der Waals surface area contributed by atoms with Crippen molar-refractivity contribution in [2.45, 2.75) is 6.92 Å². The zero-order valence-electron chi connectivity index (χ0n) is 13.4. The van der Waals surface area contributed by atoms with E-state index < -0.39 is 0 Å². The maximum atomic E-state index is 12.5. The lowest BCUT2D eigenvalue weighted by Crippen LogP contribution is -2.47. The number of nitrogens with zero attached hydrogens (tertiary/aromatic N) is 4. The number of hydrogen-bond acceptors (Lipinski definition) is 5. The molecule has 1 fully saturated rings. The summed E-state index contributed by atoms with van der Waals surface area (Å²) < 4.78 is 5.62. The van der Waals surface area contributed by atoms with Crippen LogP contribution < -0.4 is 4.74 Å². The molecule has 0 radical (unpaired) electrons. The van der Waals surface area contributed by atoms with Gasteiger partial charge < -0.3 is 14.5 Å². The molecule has 120 valence electrons. The lowest BCUT2D eigenvalue weighted by molar-refractivity contribution is 0.0664. The number of aromatic nitrogens is 2. The van der Waals surface area contributed by atoms with Crippen LogP contribution in [0.1, 0.15) is 16.1 Å². The van der Waals surface area contributed by atoms with Gasteiger partial charge in [0, 0.05) is 37.8 Å². The van der Waals surface area contributed by atoms with Gasteiger partial charge in [0.25, 0.3) is 5.91 Å². The zero-order valence-corrected chi connectivity index (χ0v) is 13.4. The smallest absolute Gasteiger partial charge is 0.253 e. The molecule has 1 aliphatic heterocycles. The second-order valence-corrected chi connectivity index (χ2v) is 5.73. The Bertz CT molecular complexity index is 662. The SMILES string of the molecule is Cc1ccc(Oc2ccc(C(=O)N3CCN(C)CC3)cc2)nn1. The summed E-state index contributed by atoms with van der Waals surface area (Å²) in [5.74, 6) is 1.15. The number of ether oxygens (including phenoxy) is 1. The van der Waals surface area contributed by atoms with Gasteiger partial charge in [-0.15, -0.1) is 5.10 Å². The van der Waals surface area contributed by atoms with Crippen molar-refractivity contribution in [2.24, 2.45) is 0 Å². The van der Waals surface area contributed by atoms with E-state index in [0.717, 1.165) is 31.9 Å². The van der Waals surface area contributed by atoms with Gasteiger partial charge in [-0.1, -0.05) is 0 Å². The third-order valence-electron chi connectivity index (χ3n) is 3.89. The van der Waals surface area contributed by atoms with E-state index in [1.807, 2.05) is 17.9 Å². The largest absolute Gasteiger partial charge is 0.438 e. The summed E-state index contributed by atoms with van der Waals surface area (Å²) >= 11 is 0. The second kappa shape index (κ2) is 6.75. The first-order chi connectivity index (χ1) is 11.1. The van der Waals surface area contributed by atoms with E-state index >= 15 is 0 Å². The van der Waals surface area contributed by atoms with Crippen molar-refractivity contribution in [3.8, 4) is 11.6 Å². The first-order valence-corrected chi connectivity index (χ1v) is 7.68. The normalized spacial score (nSPS) is 15.5. The van der Waals surface area contributed by atoms with Crippen molar-refractivity contribution in [2.75, 3.05) is 33.2 Å². The third kappa shape index (κ3) is 3.84. The molecule has 3 rings (SSSR count). The Labute approximate surface area is 135 Å². The van der Waals surface area contributed by atoms with Crippen LogP contribution in [0.2, 0.25) is 0 Å². The van der Waals surface area contributed by atoms with Crippen molar-refractivity contribution >= 4 is 5.91 Å². The van der Waals surface area contributed by atoms with Gasteiger partial charge in [0.1, 0.15) is 5.75 Å². The van der Waals surface area contributed by atoms with E-state index in [4.69, 9.17) is 4.74 Å². The maximum Gasteiger partial charge on any atom is 0.253 e. The summed E-state index contributed by atoms with van der Waals surface area (Å²) in [6, 6.07) is 10.8. The molecular weight excluding hydrogens is 292 g/mol. The molecule has 0 N–H and O–H groups in total. The Hall–Kier alpha value is -2.47. The number of amides is 1. The Morgan fingerprint density at radius 3 is 2.30 bits per heavy atom. The molecule has 2 heterocycles. The number of piperazine rings is 1. The highest BCUT2D eigenvalue weighted by molar-refractivity contribution is 5.94. The highest BCUT2D eigenvalue weighted by atomic mass is 16.5. The minimum Gasteiger partial charge on any atom is -0.438 e. The standard InChI is InChI=1S/C17H20N4O2/c1-13-3-8-16(19-18-13)23-15-6-4-14(5-7-15)17(22)21-11-9-20(2)10-12-21/h3-8H,9-12H2,1-2H3. The van der Waals surface area contributed by atoms with E-state index in [9.17, 15) is 4.79 Å². The predicted molar refractivity (Wildman–Crippen MR) is 86.7 cm³/mol. The van der Waals surface area contributed by atoms with Crippen LogP contribution in [0.5, 0.6) is 11.6 Å². The fourth-order valence-electron chi connectivity index (χ4n) is 2.42. The van der Waals surface area contributed by atoms with Gasteiger partial charge in [-0.25, -0.2) is 0 Å². The molecule has 0 bridgehead atoms. The quantitative estimate of drug-likeness (QED) is 0.867. The van der Waals surface area contributed by atoms with Gasteiger partial charge in [0.05, 0.1) is 5.69 Å². The van der Waals surface area contributed by atoms with Crippen LogP contribution in [-0.4, -0.2) is 59.1 Å². The summed E-state index contributed by atoms with van der Waals surface area (Å²) in [5.41, 5.74) is 1.52. The predicted octanol–water partition coefficient (Wildman–Crippen LogP) is 1.96. The van der Waals surface area contributed by atoms with Crippen molar-refractivity contribution in [1.29, 1.82) is 0 Å². The summed E-state index contributed by atoms with van der Waals surface area (Å²) in [4.78, 5) is 16.6. The first kappa shape index (κ1) is 15.4. The van der Waals surface area contributed by atoms with Gasteiger partial charge in [0.2, 0.25) is 5.88 Å². The maximum absolute atomic E-state index is 12.5. The van der Waals surface area contributed by atoms with Gasteiger partial charge in [-0.05, 0) is 44.3 Å². The Morgan fingerprint density at radius 2 is 1.70 bits per heavy atom. The van der Waals surface area contributed by atoms with Crippen molar-refractivity contribution in [3.05, 3.63) is 47.7 Å². The van der Waals surface area contributed by atoms with Crippen LogP contribution in [0.15, 0.2) is 36.4 Å². The van der Waals surface area contributed by atoms with Crippen LogP contribution in [0.25, 0.3) is 0 Å². The first-order valence-electron chi connectivity index (χ1n) is 7.68. The molecule has 1 aliphatic rings. The molecule has 0 saturated carbocycles. The topological polar surface area (TPSA) is 58.6 Å². The number of aryl methyl sites for hydroxylation is 1. The van der Waals surface area contributed by atoms with E-state index in [-0.39, 0.29) is 5.91 Å². The van der Waals surface area contributed by atoms with E-state index in [0.29, 0.717) is 17.2 Å². The second-order valence-electron chi connectivity index (χ2n) is 5.73. The minimum absolute atomic E-state index is 0.0692. The minimum atomic E-state index is 0.0692. The summed E-state index contributed by atoms with van der Waals surface area (Å²) in [6.45, 7) is 5.24. The highest BCUT2D eigenvalue weighted by Crippen LogP contribution is 2.20. The molecule has 6 heteroatoms. The van der Waals surface area contributed by atoms with Crippen molar-refractivity contribution in [1.82, 2.24) is 20.0 Å². The highest BCUT2D eigenvalue weighted by Gasteiger charge is 2.20. The molecule has 2 aromatic rings. The molecule has 6 nitrogen and oxygen atoms in total. The monoisotopic (exact) mass is 312 g/mol. The Kier molecular flexibility index (Phi) is 4.52. The van der Waals surface area contributed by atoms with Crippen LogP contribution in [0.4, 0.5) is 0 Å². The molecule has 0 aliphatic carbocycles. The number of carbonyl (C=O) groups is 1. The van der Waals surface area contributed by atoms with E-state index in [1.54, 1.807) is 30.3 Å². The molecular formula is C17H20N4O2. The van der Waals surface area contributed by atoms with Crippen molar-refractivity contribution in [3.63, 3.8) is 0 Å². The Morgan fingerprint density at radius 1 is 1.00 bits per heavy atom. The molecule has 1 saturated heterocycles.